The van der Waals surface area contributed by atoms with E-state index in [0.717, 1.165) is 6.07 Å². The Hall–Kier alpha value is -2.44. The topological polar surface area (TPSA) is 95.7 Å². The normalized spacial score (nSPS) is 21.4. The SMILES string of the molecule is Cc1ccc(C(=O)O[C@H]2C[C@H](C)OC2=O)cc1[N+](=O)[O-]. The highest BCUT2D eigenvalue weighted by molar-refractivity contribution is 5.92. The molecule has 1 aromatic rings. The van der Waals surface area contributed by atoms with Crippen molar-refractivity contribution in [3.63, 3.8) is 0 Å². The van der Waals surface area contributed by atoms with Crippen LogP contribution in [0, 0.1) is 17.0 Å². The third-order valence-electron chi connectivity index (χ3n) is 3.02. The molecule has 0 aliphatic carbocycles. The molecule has 0 aromatic heterocycles. The van der Waals surface area contributed by atoms with Crippen molar-refractivity contribution in [3.8, 4) is 0 Å². The van der Waals surface area contributed by atoms with Crippen LogP contribution in [0.2, 0.25) is 0 Å². The summed E-state index contributed by atoms with van der Waals surface area (Å²) in [6.45, 7) is 3.27. The van der Waals surface area contributed by atoms with Gasteiger partial charge in [-0.1, -0.05) is 6.07 Å². The summed E-state index contributed by atoms with van der Waals surface area (Å²) in [5.74, 6) is -1.36. The Balaban J connectivity index is 2.16. The Bertz CT molecular complexity index is 582. The van der Waals surface area contributed by atoms with E-state index in [9.17, 15) is 19.7 Å². The zero-order valence-corrected chi connectivity index (χ0v) is 11.0. The fourth-order valence-electron chi connectivity index (χ4n) is 1.95. The minimum atomic E-state index is -0.946. The zero-order valence-electron chi connectivity index (χ0n) is 11.0. The van der Waals surface area contributed by atoms with Crippen LogP contribution in [-0.4, -0.2) is 29.1 Å². The van der Waals surface area contributed by atoms with E-state index in [-0.39, 0.29) is 17.4 Å². The van der Waals surface area contributed by atoms with Crippen LogP contribution in [0.5, 0.6) is 0 Å². The van der Waals surface area contributed by atoms with Crippen LogP contribution in [-0.2, 0) is 14.3 Å². The van der Waals surface area contributed by atoms with Gasteiger partial charge in [-0.3, -0.25) is 10.1 Å². The molecule has 0 N–H and O–H groups in total. The van der Waals surface area contributed by atoms with Crippen LogP contribution < -0.4 is 0 Å². The molecule has 1 aliphatic heterocycles. The second-order valence-electron chi connectivity index (χ2n) is 4.64. The molecule has 0 saturated carbocycles. The van der Waals surface area contributed by atoms with Crippen molar-refractivity contribution in [1.82, 2.24) is 0 Å². The molecule has 0 radical (unpaired) electrons. The smallest absolute Gasteiger partial charge is 0.347 e. The summed E-state index contributed by atoms with van der Waals surface area (Å²) in [5, 5.41) is 10.8. The number of hydrogen-bond donors (Lipinski definition) is 0. The Morgan fingerprint density at radius 3 is 2.75 bits per heavy atom. The van der Waals surface area contributed by atoms with Gasteiger partial charge in [-0.25, -0.2) is 9.59 Å². The molecule has 1 aliphatic rings. The van der Waals surface area contributed by atoms with Gasteiger partial charge in [0.1, 0.15) is 6.10 Å². The molecule has 0 spiro atoms. The third kappa shape index (κ3) is 2.76. The molecule has 1 fully saturated rings. The second-order valence-corrected chi connectivity index (χ2v) is 4.64. The van der Waals surface area contributed by atoms with Crippen molar-refractivity contribution in [1.29, 1.82) is 0 Å². The zero-order chi connectivity index (χ0) is 14.9. The van der Waals surface area contributed by atoms with Gasteiger partial charge in [0, 0.05) is 18.1 Å². The fourth-order valence-corrected chi connectivity index (χ4v) is 1.95. The van der Waals surface area contributed by atoms with E-state index in [1.165, 1.54) is 12.1 Å². The van der Waals surface area contributed by atoms with E-state index in [1.807, 2.05) is 0 Å². The highest BCUT2D eigenvalue weighted by Gasteiger charge is 2.35. The van der Waals surface area contributed by atoms with E-state index in [2.05, 4.69) is 0 Å². The first-order valence-electron chi connectivity index (χ1n) is 6.05. The molecule has 0 amide bonds. The Morgan fingerprint density at radius 2 is 2.20 bits per heavy atom. The first-order valence-corrected chi connectivity index (χ1v) is 6.05. The molecule has 20 heavy (non-hydrogen) atoms. The molecule has 106 valence electrons. The molecule has 1 aromatic carbocycles. The largest absolute Gasteiger partial charge is 0.460 e. The maximum absolute atomic E-state index is 11.9. The summed E-state index contributed by atoms with van der Waals surface area (Å²) in [7, 11) is 0. The number of benzene rings is 1. The lowest BCUT2D eigenvalue weighted by molar-refractivity contribution is -0.385. The molecule has 0 bridgehead atoms. The molecule has 7 heteroatoms. The van der Waals surface area contributed by atoms with E-state index in [0.29, 0.717) is 12.0 Å². The monoisotopic (exact) mass is 279 g/mol. The summed E-state index contributed by atoms with van der Waals surface area (Å²) < 4.78 is 9.89. The van der Waals surface area contributed by atoms with Crippen LogP contribution in [0.3, 0.4) is 0 Å². The van der Waals surface area contributed by atoms with Gasteiger partial charge >= 0.3 is 11.9 Å². The second kappa shape index (κ2) is 5.28. The number of nitrogens with zero attached hydrogens (tertiary/aromatic N) is 1. The molecule has 7 nitrogen and oxygen atoms in total. The van der Waals surface area contributed by atoms with Crippen molar-refractivity contribution in [2.45, 2.75) is 32.5 Å². The highest BCUT2D eigenvalue weighted by atomic mass is 16.6. The number of nitro groups is 1. The summed E-state index contributed by atoms with van der Waals surface area (Å²) >= 11 is 0. The molecule has 2 atom stereocenters. The number of ether oxygens (including phenoxy) is 2. The van der Waals surface area contributed by atoms with Crippen LogP contribution in [0.25, 0.3) is 0 Å². The third-order valence-corrected chi connectivity index (χ3v) is 3.02. The van der Waals surface area contributed by atoms with Crippen molar-refractivity contribution in [2.24, 2.45) is 0 Å². The lowest BCUT2D eigenvalue weighted by atomic mass is 10.1. The standard InChI is InChI=1S/C13H13NO6/c1-7-3-4-9(6-10(7)14(17)18)12(15)20-11-5-8(2)19-13(11)16/h3-4,6,8,11H,5H2,1-2H3/t8-,11-/m0/s1. The molecule has 0 unspecified atom stereocenters. The van der Waals surface area contributed by atoms with Gasteiger partial charge < -0.3 is 9.47 Å². The van der Waals surface area contributed by atoms with Gasteiger partial charge in [0.05, 0.1) is 10.5 Å². The first kappa shape index (κ1) is 14.0. The molecule has 2 rings (SSSR count). The van der Waals surface area contributed by atoms with E-state index < -0.39 is 23.0 Å². The van der Waals surface area contributed by atoms with Crippen molar-refractivity contribution >= 4 is 17.6 Å². The number of rotatable bonds is 3. The van der Waals surface area contributed by atoms with Gasteiger partial charge in [-0.2, -0.15) is 0 Å². The predicted molar refractivity (Wildman–Crippen MR) is 67.2 cm³/mol. The average molecular weight is 279 g/mol. The first-order chi connectivity index (χ1) is 9.38. The summed E-state index contributed by atoms with van der Waals surface area (Å²) in [6.07, 6.45) is -0.955. The molecule has 1 heterocycles. The number of cyclic esters (lactones) is 1. The maximum Gasteiger partial charge on any atom is 0.347 e. The van der Waals surface area contributed by atoms with Crippen LogP contribution in [0.1, 0.15) is 29.3 Å². The molecular formula is C13H13NO6. The van der Waals surface area contributed by atoms with Gasteiger partial charge in [0.15, 0.2) is 0 Å². The summed E-state index contributed by atoms with van der Waals surface area (Å²) in [5.41, 5.74) is 0.317. The van der Waals surface area contributed by atoms with Gasteiger partial charge in [-0.05, 0) is 19.9 Å². The van der Waals surface area contributed by atoms with Crippen molar-refractivity contribution < 1.29 is 24.0 Å². The Morgan fingerprint density at radius 1 is 1.50 bits per heavy atom. The van der Waals surface area contributed by atoms with Crippen molar-refractivity contribution in [2.75, 3.05) is 0 Å². The molecule has 1 saturated heterocycles. The molecular weight excluding hydrogens is 266 g/mol. The maximum atomic E-state index is 11.9. The number of nitro benzene ring substituents is 1. The number of carbonyl (C=O) groups excluding carboxylic acids is 2. The number of aryl methyl sites for hydroxylation is 1. The minimum Gasteiger partial charge on any atom is -0.460 e. The Labute approximate surface area is 114 Å². The fraction of sp³-hybridized carbons (Fsp3) is 0.385. The summed E-state index contributed by atoms with van der Waals surface area (Å²) in [6, 6.07) is 4.03. The van der Waals surface area contributed by atoms with E-state index in [1.54, 1.807) is 13.8 Å². The number of hydrogen-bond acceptors (Lipinski definition) is 6. The van der Waals surface area contributed by atoms with Crippen LogP contribution in [0.4, 0.5) is 5.69 Å². The Kier molecular flexibility index (Phi) is 3.69. The lowest BCUT2D eigenvalue weighted by Crippen LogP contribution is -2.22. The highest BCUT2D eigenvalue weighted by Crippen LogP contribution is 2.22. The lowest BCUT2D eigenvalue weighted by Gasteiger charge is -2.08. The predicted octanol–water partition coefficient (Wildman–Crippen LogP) is 1.76. The number of esters is 2. The van der Waals surface area contributed by atoms with Gasteiger partial charge in [0.2, 0.25) is 6.10 Å². The van der Waals surface area contributed by atoms with Gasteiger partial charge in [-0.15, -0.1) is 0 Å². The van der Waals surface area contributed by atoms with Crippen LogP contribution in [0.15, 0.2) is 18.2 Å². The van der Waals surface area contributed by atoms with Crippen LogP contribution >= 0.6 is 0 Å². The van der Waals surface area contributed by atoms with Crippen molar-refractivity contribution in [3.05, 3.63) is 39.4 Å². The van der Waals surface area contributed by atoms with E-state index >= 15 is 0 Å². The quantitative estimate of drug-likeness (QED) is 0.475. The van der Waals surface area contributed by atoms with E-state index in [4.69, 9.17) is 9.47 Å². The average Bonchev–Trinajstić information content (AvgIpc) is 2.67. The number of carbonyl (C=O) groups is 2. The minimum absolute atomic E-state index is 0.0367. The summed E-state index contributed by atoms with van der Waals surface area (Å²) in [4.78, 5) is 33.5. The van der Waals surface area contributed by atoms with Gasteiger partial charge in [0.25, 0.3) is 5.69 Å².